The normalized spacial score (nSPS) is 12.0. The van der Waals surface area contributed by atoms with Crippen LogP contribution >= 0.6 is 0 Å². The minimum Gasteiger partial charge on any atom is -0.325 e. The molecule has 2 N–H and O–H groups in total. The molecule has 0 aromatic heterocycles. The first kappa shape index (κ1) is 6.92. The Bertz CT molecular complexity index is 46.5. The molecule has 7 heavy (non-hydrogen) atoms. The van der Waals surface area contributed by atoms with E-state index in [2.05, 4.69) is 0 Å². The molecule has 0 aliphatic carbocycles. The second kappa shape index (κ2) is 2.28. The van der Waals surface area contributed by atoms with E-state index in [-0.39, 0.29) is 12.1 Å². The lowest BCUT2D eigenvalue weighted by Gasteiger charge is -2.14. The second-order valence-corrected chi connectivity index (χ2v) is 2.44. The van der Waals surface area contributed by atoms with Gasteiger partial charge in [0.25, 0.3) is 0 Å². The molecule has 0 aliphatic rings. The van der Waals surface area contributed by atoms with Gasteiger partial charge in [-0.25, -0.2) is 5.11 Å². The smallest absolute Gasteiger partial charge is 0.0839 e. The van der Waals surface area contributed by atoms with Crippen LogP contribution in [-0.2, 0) is 5.11 Å². The van der Waals surface area contributed by atoms with Gasteiger partial charge in [-0.2, -0.15) is 0 Å². The van der Waals surface area contributed by atoms with Gasteiger partial charge in [-0.15, -0.1) is 0 Å². The second-order valence-electron chi connectivity index (χ2n) is 2.44. The van der Waals surface area contributed by atoms with Crippen molar-refractivity contribution in [3.05, 3.63) is 0 Å². The minimum absolute atomic E-state index is 0.0660. The zero-order valence-corrected chi connectivity index (χ0v) is 4.90. The van der Waals surface area contributed by atoms with Crippen molar-refractivity contribution in [2.45, 2.75) is 25.8 Å². The van der Waals surface area contributed by atoms with Crippen molar-refractivity contribution in [3.63, 3.8) is 0 Å². The third-order valence-corrected chi connectivity index (χ3v) is 0.746. The molecular formula is C5H12NO. The summed E-state index contributed by atoms with van der Waals surface area (Å²) < 4.78 is 0. The topological polar surface area (TPSA) is 45.9 Å². The molecule has 43 valence electrons. The lowest BCUT2D eigenvalue weighted by atomic mass is 10.0. The summed E-state index contributed by atoms with van der Waals surface area (Å²) in [6, 6.07) is 0. The molecule has 0 fully saturated rings. The van der Waals surface area contributed by atoms with Crippen LogP contribution in [0, 0.1) is 0 Å². The maximum absolute atomic E-state index is 9.87. The maximum Gasteiger partial charge on any atom is 0.0839 e. The first-order chi connectivity index (χ1) is 3.06. The van der Waals surface area contributed by atoms with E-state index < -0.39 is 0 Å². The van der Waals surface area contributed by atoms with Gasteiger partial charge in [0.2, 0.25) is 0 Å². The molecule has 0 aromatic carbocycles. The van der Waals surface area contributed by atoms with Crippen LogP contribution < -0.4 is 5.73 Å². The molecule has 2 heteroatoms. The molecule has 2 nitrogen and oxygen atoms in total. The summed E-state index contributed by atoms with van der Waals surface area (Å²) in [5.74, 6) is 0. The number of nitrogens with two attached hydrogens (primary N) is 1. The largest absolute Gasteiger partial charge is 0.325 e. The van der Waals surface area contributed by atoms with Crippen LogP contribution in [0.3, 0.4) is 0 Å². The van der Waals surface area contributed by atoms with Gasteiger partial charge in [0, 0.05) is 5.54 Å². The van der Waals surface area contributed by atoms with Gasteiger partial charge >= 0.3 is 0 Å². The molecule has 0 spiro atoms. The Morgan fingerprint density at radius 1 is 1.57 bits per heavy atom. The third kappa shape index (κ3) is 5.92. The van der Waals surface area contributed by atoms with E-state index in [4.69, 9.17) is 5.73 Å². The fourth-order valence-electron chi connectivity index (χ4n) is 0.263. The van der Waals surface area contributed by atoms with Gasteiger partial charge in [-0.1, -0.05) is 0 Å². The van der Waals surface area contributed by atoms with Crippen molar-refractivity contribution in [2.24, 2.45) is 5.73 Å². The van der Waals surface area contributed by atoms with Crippen LogP contribution in [0.25, 0.3) is 0 Å². The molecule has 1 radical (unpaired) electrons. The van der Waals surface area contributed by atoms with Crippen LogP contribution in [0.5, 0.6) is 0 Å². The van der Waals surface area contributed by atoms with E-state index in [9.17, 15) is 5.11 Å². The maximum atomic E-state index is 9.87. The van der Waals surface area contributed by atoms with Crippen LogP contribution in [0.2, 0.25) is 0 Å². The summed E-state index contributed by atoms with van der Waals surface area (Å²) in [4.78, 5) is 0. The van der Waals surface area contributed by atoms with Crippen LogP contribution in [0.4, 0.5) is 0 Å². The third-order valence-electron chi connectivity index (χ3n) is 0.746. The highest BCUT2D eigenvalue weighted by Gasteiger charge is 2.07. The number of hydrogen-bond donors (Lipinski definition) is 1. The molecule has 0 atom stereocenters. The highest BCUT2D eigenvalue weighted by atomic mass is 16.3. The van der Waals surface area contributed by atoms with Crippen molar-refractivity contribution in [2.75, 3.05) is 6.61 Å². The quantitative estimate of drug-likeness (QED) is 0.543. The van der Waals surface area contributed by atoms with Gasteiger partial charge in [0.1, 0.15) is 0 Å². The molecule has 0 unspecified atom stereocenters. The summed E-state index contributed by atoms with van der Waals surface area (Å²) in [6.07, 6.45) is 0.562. The average Bonchev–Trinajstić information content (AvgIpc) is 1.30. The molecule has 0 rings (SSSR count). The summed E-state index contributed by atoms with van der Waals surface area (Å²) in [7, 11) is 0. The SMILES string of the molecule is CC(C)(N)CC[O]. The summed E-state index contributed by atoms with van der Waals surface area (Å²) in [5, 5.41) is 9.87. The molecule has 0 saturated heterocycles. The standard InChI is InChI=1S/C5H12NO/c1-5(2,6)3-4-7/h3-4,6H2,1-2H3. The van der Waals surface area contributed by atoms with Crippen molar-refractivity contribution < 1.29 is 5.11 Å². The van der Waals surface area contributed by atoms with Crippen LogP contribution in [0.15, 0.2) is 0 Å². The van der Waals surface area contributed by atoms with Gasteiger partial charge in [0.15, 0.2) is 0 Å². The molecule has 0 saturated carbocycles. The molecule has 0 aliphatic heterocycles. The van der Waals surface area contributed by atoms with E-state index in [0.29, 0.717) is 6.42 Å². The van der Waals surface area contributed by atoms with Gasteiger partial charge in [0.05, 0.1) is 6.61 Å². The van der Waals surface area contributed by atoms with Crippen molar-refractivity contribution >= 4 is 0 Å². The molecule has 0 bridgehead atoms. The minimum atomic E-state index is -0.262. The monoisotopic (exact) mass is 102 g/mol. The van der Waals surface area contributed by atoms with Gasteiger partial charge < -0.3 is 5.73 Å². The number of hydrogen-bond acceptors (Lipinski definition) is 1. The van der Waals surface area contributed by atoms with E-state index in [1.165, 1.54) is 0 Å². The fourth-order valence-corrected chi connectivity index (χ4v) is 0.263. The predicted molar refractivity (Wildman–Crippen MR) is 28.4 cm³/mol. The van der Waals surface area contributed by atoms with Crippen LogP contribution in [-0.4, -0.2) is 12.1 Å². The first-order valence-electron chi connectivity index (χ1n) is 2.43. The Labute approximate surface area is 44.3 Å². The average molecular weight is 102 g/mol. The van der Waals surface area contributed by atoms with E-state index >= 15 is 0 Å². The molecule has 0 amide bonds. The summed E-state index contributed by atoms with van der Waals surface area (Å²) in [5.41, 5.74) is 5.18. The zero-order chi connectivity index (χ0) is 5.91. The Morgan fingerprint density at radius 3 is 2.00 bits per heavy atom. The predicted octanol–water partition coefficient (Wildman–Crippen LogP) is 0.544. The van der Waals surface area contributed by atoms with Gasteiger partial charge in [-0.3, -0.25) is 0 Å². The van der Waals surface area contributed by atoms with E-state index in [1.54, 1.807) is 0 Å². The Hall–Kier alpha value is -0.0800. The lowest BCUT2D eigenvalue weighted by Crippen LogP contribution is -2.32. The highest BCUT2D eigenvalue weighted by molar-refractivity contribution is 4.69. The fraction of sp³-hybridized carbons (Fsp3) is 1.00. The van der Waals surface area contributed by atoms with Crippen molar-refractivity contribution in [3.8, 4) is 0 Å². The molecule has 0 heterocycles. The van der Waals surface area contributed by atoms with E-state index in [0.717, 1.165) is 0 Å². The van der Waals surface area contributed by atoms with Gasteiger partial charge in [-0.05, 0) is 20.3 Å². The van der Waals surface area contributed by atoms with E-state index in [1.807, 2.05) is 13.8 Å². The first-order valence-corrected chi connectivity index (χ1v) is 2.43. The highest BCUT2D eigenvalue weighted by Crippen LogP contribution is 2.00. The molecule has 0 aromatic rings. The van der Waals surface area contributed by atoms with Crippen molar-refractivity contribution in [1.82, 2.24) is 0 Å². The Kier molecular flexibility index (Phi) is 2.26. The Morgan fingerprint density at radius 2 is 2.00 bits per heavy atom. The summed E-state index contributed by atoms with van der Waals surface area (Å²) in [6.45, 7) is 3.64. The summed E-state index contributed by atoms with van der Waals surface area (Å²) >= 11 is 0. The van der Waals surface area contributed by atoms with Crippen molar-refractivity contribution in [1.29, 1.82) is 0 Å². The Balaban J connectivity index is 3.15. The number of rotatable bonds is 2. The molecular weight excluding hydrogens is 90.1 g/mol. The van der Waals surface area contributed by atoms with Crippen LogP contribution in [0.1, 0.15) is 20.3 Å². The lowest BCUT2D eigenvalue weighted by molar-refractivity contribution is 0.169. The zero-order valence-electron chi connectivity index (χ0n) is 4.90.